The first-order valence-electron chi connectivity index (χ1n) is 6.37. The van der Waals surface area contributed by atoms with Gasteiger partial charge in [0.1, 0.15) is 0 Å². The van der Waals surface area contributed by atoms with Crippen LogP contribution in [0.1, 0.15) is 31.7 Å². The average molecular weight is 227 g/mol. The molecule has 0 radical (unpaired) electrons. The minimum atomic E-state index is 0.559. The van der Waals surface area contributed by atoms with E-state index < -0.39 is 0 Å². The topological polar surface area (TPSA) is 12.0 Å². The van der Waals surface area contributed by atoms with Gasteiger partial charge in [0.05, 0.1) is 0 Å². The third-order valence-electron chi connectivity index (χ3n) is 3.55. The Kier molecular flexibility index (Phi) is 3.80. The van der Waals surface area contributed by atoms with E-state index in [2.05, 4.69) is 61.6 Å². The van der Waals surface area contributed by atoms with Crippen LogP contribution >= 0.6 is 0 Å². The molecular weight excluding hydrogens is 206 g/mol. The Balaban J connectivity index is 2.34. The summed E-state index contributed by atoms with van der Waals surface area (Å²) in [4.78, 5) is 0. The van der Waals surface area contributed by atoms with E-state index in [1.54, 1.807) is 0 Å². The van der Waals surface area contributed by atoms with Crippen LogP contribution in [0, 0.1) is 0 Å². The van der Waals surface area contributed by atoms with Crippen LogP contribution in [0.5, 0.6) is 0 Å². The molecule has 0 spiro atoms. The maximum absolute atomic E-state index is 3.31. The fraction of sp³-hybridized carbons (Fsp3) is 0.375. The van der Waals surface area contributed by atoms with E-state index in [0.29, 0.717) is 12.0 Å². The second kappa shape index (κ2) is 5.33. The van der Waals surface area contributed by atoms with Crippen molar-refractivity contribution in [2.24, 2.45) is 0 Å². The number of hydrogen-bond acceptors (Lipinski definition) is 1. The first kappa shape index (κ1) is 12.1. The van der Waals surface area contributed by atoms with Crippen LogP contribution in [-0.2, 0) is 0 Å². The van der Waals surface area contributed by atoms with E-state index in [1.165, 1.54) is 22.8 Å². The lowest BCUT2D eigenvalue weighted by molar-refractivity contribution is 0.517. The molecule has 90 valence electrons. The van der Waals surface area contributed by atoms with Gasteiger partial charge >= 0.3 is 0 Å². The fourth-order valence-corrected chi connectivity index (χ4v) is 2.46. The van der Waals surface area contributed by atoms with Crippen LogP contribution in [0.2, 0.25) is 0 Å². The predicted octanol–water partition coefficient (Wildman–Crippen LogP) is 3.94. The molecular formula is C16H21N. The molecule has 0 saturated carbocycles. The van der Waals surface area contributed by atoms with Gasteiger partial charge in [-0.3, -0.25) is 0 Å². The van der Waals surface area contributed by atoms with E-state index in [1.807, 2.05) is 7.05 Å². The molecule has 2 atom stereocenters. The number of nitrogens with one attached hydrogen (secondary N) is 1. The Morgan fingerprint density at radius 3 is 2.47 bits per heavy atom. The SMILES string of the molecule is CNC(C)CC(C)c1cccc2ccccc12. The molecule has 0 saturated heterocycles. The number of benzene rings is 2. The molecule has 2 aromatic rings. The smallest absolute Gasteiger partial charge is 0.00414 e. The van der Waals surface area contributed by atoms with Gasteiger partial charge < -0.3 is 5.32 Å². The van der Waals surface area contributed by atoms with Gasteiger partial charge in [0.25, 0.3) is 0 Å². The van der Waals surface area contributed by atoms with Gasteiger partial charge in [0.15, 0.2) is 0 Å². The van der Waals surface area contributed by atoms with Gasteiger partial charge in [0, 0.05) is 6.04 Å². The molecule has 0 heterocycles. The van der Waals surface area contributed by atoms with Gasteiger partial charge in [-0.2, -0.15) is 0 Å². The predicted molar refractivity (Wildman–Crippen MR) is 75.5 cm³/mol. The third-order valence-corrected chi connectivity index (χ3v) is 3.55. The van der Waals surface area contributed by atoms with Crippen LogP contribution in [0.4, 0.5) is 0 Å². The molecule has 2 rings (SSSR count). The molecule has 1 nitrogen and oxygen atoms in total. The summed E-state index contributed by atoms with van der Waals surface area (Å²) in [5.41, 5.74) is 1.46. The van der Waals surface area contributed by atoms with Crippen molar-refractivity contribution in [1.29, 1.82) is 0 Å². The summed E-state index contributed by atoms with van der Waals surface area (Å²) < 4.78 is 0. The molecule has 0 amide bonds. The molecule has 1 N–H and O–H groups in total. The summed E-state index contributed by atoms with van der Waals surface area (Å²) in [5, 5.41) is 6.05. The number of hydrogen-bond donors (Lipinski definition) is 1. The normalized spacial score (nSPS) is 14.8. The van der Waals surface area contributed by atoms with E-state index in [4.69, 9.17) is 0 Å². The highest BCUT2D eigenvalue weighted by molar-refractivity contribution is 5.86. The van der Waals surface area contributed by atoms with Gasteiger partial charge in [-0.25, -0.2) is 0 Å². The molecule has 0 aliphatic heterocycles. The maximum Gasteiger partial charge on any atom is 0.00414 e. The van der Waals surface area contributed by atoms with E-state index >= 15 is 0 Å². The maximum atomic E-state index is 3.31. The van der Waals surface area contributed by atoms with Crippen molar-refractivity contribution in [2.75, 3.05) is 7.05 Å². The summed E-state index contributed by atoms with van der Waals surface area (Å²) >= 11 is 0. The lowest BCUT2D eigenvalue weighted by Gasteiger charge is -2.18. The Bertz CT molecular complexity index is 484. The molecule has 0 aliphatic carbocycles. The van der Waals surface area contributed by atoms with Crippen molar-refractivity contribution in [3.63, 3.8) is 0 Å². The summed E-state index contributed by atoms with van der Waals surface area (Å²) in [6.07, 6.45) is 1.17. The summed E-state index contributed by atoms with van der Waals surface area (Å²) in [5.74, 6) is 0.587. The largest absolute Gasteiger partial charge is 0.317 e. The summed E-state index contributed by atoms with van der Waals surface area (Å²) in [6.45, 7) is 4.55. The fourth-order valence-electron chi connectivity index (χ4n) is 2.46. The van der Waals surface area contributed by atoms with Crippen LogP contribution in [-0.4, -0.2) is 13.1 Å². The molecule has 2 aromatic carbocycles. The van der Waals surface area contributed by atoms with E-state index in [-0.39, 0.29) is 0 Å². The zero-order valence-electron chi connectivity index (χ0n) is 10.9. The molecule has 0 fully saturated rings. The molecule has 2 unspecified atom stereocenters. The van der Waals surface area contributed by atoms with Crippen molar-refractivity contribution in [3.05, 3.63) is 48.0 Å². The quantitative estimate of drug-likeness (QED) is 0.834. The highest BCUT2D eigenvalue weighted by Gasteiger charge is 2.11. The Morgan fingerprint density at radius 1 is 1.00 bits per heavy atom. The van der Waals surface area contributed by atoms with Crippen LogP contribution < -0.4 is 5.32 Å². The third kappa shape index (κ3) is 2.67. The van der Waals surface area contributed by atoms with Gasteiger partial charge in [-0.15, -0.1) is 0 Å². The Hall–Kier alpha value is -1.34. The van der Waals surface area contributed by atoms with Gasteiger partial charge in [-0.05, 0) is 42.6 Å². The zero-order valence-corrected chi connectivity index (χ0v) is 10.9. The van der Waals surface area contributed by atoms with Crippen molar-refractivity contribution < 1.29 is 0 Å². The molecule has 17 heavy (non-hydrogen) atoms. The van der Waals surface area contributed by atoms with E-state index in [0.717, 1.165) is 0 Å². The minimum absolute atomic E-state index is 0.559. The van der Waals surface area contributed by atoms with Crippen molar-refractivity contribution in [2.45, 2.75) is 32.2 Å². The van der Waals surface area contributed by atoms with Gasteiger partial charge in [0.2, 0.25) is 0 Å². The number of rotatable bonds is 4. The Labute approximate surface area is 104 Å². The van der Waals surface area contributed by atoms with Gasteiger partial charge in [-0.1, -0.05) is 49.4 Å². The molecule has 0 aliphatic rings. The van der Waals surface area contributed by atoms with Crippen molar-refractivity contribution in [3.8, 4) is 0 Å². The minimum Gasteiger partial charge on any atom is -0.317 e. The highest BCUT2D eigenvalue weighted by atomic mass is 14.8. The van der Waals surface area contributed by atoms with Crippen molar-refractivity contribution in [1.82, 2.24) is 5.32 Å². The second-order valence-corrected chi connectivity index (χ2v) is 4.89. The first-order valence-corrected chi connectivity index (χ1v) is 6.37. The molecule has 1 heteroatoms. The van der Waals surface area contributed by atoms with Crippen LogP contribution in [0.25, 0.3) is 10.8 Å². The average Bonchev–Trinajstić information content (AvgIpc) is 2.37. The molecule has 0 bridgehead atoms. The monoisotopic (exact) mass is 227 g/mol. The van der Waals surface area contributed by atoms with Crippen LogP contribution in [0.15, 0.2) is 42.5 Å². The second-order valence-electron chi connectivity index (χ2n) is 4.89. The standard InChI is InChI=1S/C16H21N/c1-12(11-13(2)17-3)15-10-6-8-14-7-4-5-9-16(14)15/h4-10,12-13,17H,11H2,1-3H3. The van der Waals surface area contributed by atoms with Crippen molar-refractivity contribution >= 4 is 10.8 Å². The Morgan fingerprint density at radius 2 is 1.71 bits per heavy atom. The highest BCUT2D eigenvalue weighted by Crippen LogP contribution is 2.28. The lowest BCUT2D eigenvalue weighted by Crippen LogP contribution is -2.22. The van der Waals surface area contributed by atoms with Crippen LogP contribution in [0.3, 0.4) is 0 Å². The zero-order chi connectivity index (χ0) is 12.3. The van der Waals surface area contributed by atoms with E-state index in [9.17, 15) is 0 Å². The number of fused-ring (bicyclic) bond motifs is 1. The first-order chi connectivity index (χ1) is 8.22. The summed E-state index contributed by atoms with van der Waals surface area (Å²) in [6, 6.07) is 15.8. The lowest BCUT2D eigenvalue weighted by atomic mass is 9.90. The molecule has 0 aromatic heterocycles. The summed E-state index contributed by atoms with van der Waals surface area (Å²) in [7, 11) is 2.03.